The van der Waals surface area contributed by atoms with E-state index in [1.54, 1.807) is 12.1 Å². The van der Waals surface area contributed by atoms with Gasteiger partial charge in [-0.1, -0.05) is 0 Å². The Kier molecular flexibility index (Phi) is 3.33. The van der Waals surface area contributed by atoms with Crippen LogP contribution in [0.3, 0.4) is 0 Å². The molecule has 2 heterocycles. The molecule has 0 spiro atoms. The van der Waals surface area contributed by atoms with Crippen molar-refractivity contribution in [2.24, 2.45) is 4.99 Å². The highest BCUT2D eigenvalue weighted by atomic mass is 19.3. The van der Waals surface area contributed by atoms with E-state index in [9.17, 15) is 8.78 Å². The van der Waals surface area contributed by atoms with Crippen LogP contribution in [0.4, 0.5) is 20.2 Å². The van der Waals surface area contributed by atoms with E-state index in [4.69, 9.17) is 0 Å². The quantitative estimate of drug-likeness (QED) is 0.892. The van der Waals surface area contributed by atoms with Gasteiger partial charge in [-0.3, -0.25) is 4.99 Å². The fourth-order valence-electron chi connectivity index (χ4n) is 2.58. The van der Waals surface area contributed by atoms with Crippen LogP contribution in [0.5, 0.6) is 5.75 Å². The molecule has 1 aromatic rings. The summed E-state index contributed by atoms with van der Waals surface area (Å²) in [5.74, 6) is 0.183. The second-order valence-corrected chi connectivity index (χ2v) is 4.63. The van der Waals surface area contributed by atoms with Gasteiger partial charge in [-0.25, -0.2) is 0 Å². The largest absolute Gasteiger partial charge is 0.435 e. The Labute approximate surface area is 110 Å². The highest BCUT2D eigenvalue weighted by Crippen LogP contribution is 2.36. The Morgan fingerprint density at radius 1 is 1.42 bits per heavy atom. The van der Waals surface area contributed by atoms with Crippen LogP contribution in [0.2, 0.25) is 0 Å². The molecule has 4 nitrogen and oxygen atoms in total. The fraction of sp³-hybridized carbons (Fsp3) is 0.462. The third kappa shape index (κ3) is 2.53. The van der Waals surface area contributed by atoms with Crippen molar-refractivity contribution in [2.45, 2.75) is 19.1 Å². The summed E-state index contributed by atoms with van der Waals surface area (Å²) >= 11 is 0. The van der Waals surface area contributed by atoms with Crippen molar-refractivity contribution < 1.29 is 13.5 Å². The van der Waals surface area contributed by atoms with Gasteiger partial charge < -0.3 is 15.0 Å². The SMILES string of the molecule is FC(F)Oc1ccc2c(c1)N1CCNC[C@@H]1CC=N2. The van der Waals surface area contributed by atoms with E-state index in [1.807, 2.05) is 6.21 Å². The Morgan fingerprint density at radius 3 is 3.16 bits per heavy atom. The lowest BCUT2D eigenvalue weighted by Gasteiger charge is -2.37. The third-order valence-electron chi connectivity index (χ3n) is 3.44. The molecule has 1 fully saturated rings. The molecule has 19 heavy (non-hydrogen) atoms. The molecule has 3 rings (SSSR count). The van der Waals surface area contributed by atoms with Crippen molar-refractivity contribution in [3.63, 3.8) is 0 Å². The predicted molar refractivity (Wildman–Crippen MR) is 69.8 cm³/mol. The van der Waals surface area contributed by atoms with Gasteiger partial charge in [0.2, 0.25) is 0 Å². The summed E-state index contributed by atoms with van der Waals surface area (Å²) in [5, 5.41) is 3.33. The first-order valence-electron chi connectivity index (χ1n) is 6.33. The summed E-state index contributed by atoms with van der Waals surface area (Å²) in [6.45, 7) is -0.188. The van der Waals surface area contributed by atoms with E-state index in [1.165, 1.54) is 6.07 Å². The lowest BCUT2D eigenvalue weighted by atomic mass is 10.1. The van der Waals surface area contributed by atoms with E-state index in [0.717, 1.165) is 37.4 Å². The van der Waals surface area contributed by atoms with Crippen LogP contribution in [0, 0.1) is 0 Å². The second-order valence-electron chi connectivity index (χ2n) is 4.63. The highest BCUT2D eigenvalue weighted by Gasteiger charge is 2.26. The van der Waals surface area contributed by atoms with Gasteiger partial charge in [0.25, 0.3) is 0 Å². The van der Waals surface area contributed by atoms with Crippen LogP contribution in [-0.2, 0) is 0 Å². The van der Waals surface area contributed by atoms with Gasteiger partial charge in [-0.15, -0.1) is 0 Å². The molecule has 0 saturated carbocycles. The van der Waals surface area contributed by atoms with Crippen LogP contribution in [-0.4, -0.2) is 38.5 Å². The molecule has 1 N–H and O–H groups in total. The lowest BCUT2D eigenvalue weighted by Crippen LogP contribution is -2.51. The molecule has 6 heteroatoms. The number of alkyl halides is 2. The van der Waals surface area contributed by atoms with E-state index >= 15 is 0 Å². The van der Waals surface area contributed by atoms with E-state index in [2.05, 4.69) is 19.9 Å². The maximum atomic E-state index is 12.3. The van der Waals surface area contributed by atoms with Crippen molar-refractivity contribution in [1.82, 2.24) is 5.32 Å². The van der Waals surface area contributed by atoms with Crippen LogP contribution >= 0.6 is 0 Å². The average molecular weight is 267 g/mol. The number of ether oxygens (including phenoxy) is 1. The molecule has 0 aromatic heterocycles. The molecule has 2 aliphatic heterocycles. The first-order valence-corrected chi connectivity index (χ1v) is 6.33. The van der Waals surface area contributed by atoms with Crippen LogP contribution in [0.1, 0.15) is 6.42 Å². The van der Waals surface area contributed by atoms with Crippen molar-refractivity contribution in [3.8, 4) is 5.75 Å². The molecular formula is C13H15F2N3O. The standard InChI is InChI=1S/C13H15F2N3O/c14-13(15)19-10-1-2-11-12(7-10)18-6-5-16-8-9(18)3-4-17-11/h1-2,4,7,9,13,16H,3,5-6,8H2/t9-/m0/s1. The van der Waals surface area contributed by atoms with Crippen LogP contribution in [0.15, 0.2) is 23.2 Å². The monoisotopic (exact) mass is 267 g/mol. The van der Waals surface area contributed by atoms with E-state index < -0.39 is 6.61 Å². The molecule has 0 unspecified atom stereocenters. The number of nitrogens with one attached hydrogen (secondary N) is 1. The van der Waals surface area contributed by atoms with Gasteiger partial charge in [0.1, 0.15) is 5.75 Å². The Balaban J connectivity index is 1.96. The molecule has 1 aromatic carbocycles. The first-order chi connectivity index (χ1) is 9.24. The number of aliphatic imine (C=N–C) groups is 1. The predicted octanol–water partition coefficient (Wildman–Crippen LogP) is 2.17. The summed E-state index contributed by atoms with van der Waals surface area (Å²) in [7, 11) is 0. The highest BCUT2D eigenvalue weighted by molar-refractivity contribution is 5.78. The molecule has 0 aliphatic carbocycles. The minimum atomic E-state index is -2.80. The number of hydrogen-bond donors (Lipinski definition) is 1. The van der Waals surface area contributed by atoms with Gasteiger partial charge in [0.05, 0.1) is 11.4 Å². The van der Waals surface area contributed by atoms with Crippen molar-refractivity contribution in [1.29, 1.82) is 0 Å². The first kappa shape index (κ1) is 12.3. The van der Waals surface area contributed by atoms with E-state index in [-0.39, 0.29) is 5.75 Å². The normalized spacial score (nSPS) is 21.8. The third-order valence-corrected chi connectivity index (χ3v) is 3.44. The second kappa shape index (κ2) is 5.13. The Morgan fingerprint density at radius 2 is 2.32 bits per heavy atom. The molecule has 2 aliphatic rings. The summed E-state index contributed by atoms with van der Waals surface area (Å²) < 4.78 is 29.1. The Bertz CT molecular complexity index is 493. The van der Waals surface area contributed by atoms with Crippen LogP contribution in [0.25, 0.3) is 0 Å². The Hall–Kier alpha value is -1.69. The number of benzene rings is 1. The van der Waals surface area contributed by atoms with Gasteiger partial charge in [0.15, 0.2) is 0 Å². The van der Waals surface area contributed by atoms with Crippen molar-refractivity contribution in [3.05, 3.63) is 18.2 Å². The van der Waals surface area contributed by atoms with Crippen molar-refractivity contribution in [2.75, 3.05) is 24.5 Å². The van der Waals surface area contributed by atoms with Gasteiger partial charge in [-0.05, 0) is 12.1 Å². The number of halogens is 2. The molecule has 0 amide bonds. The molecule has 1 atom stereocenters. The molecule has 0 radical (unpaired) electrons. The number of anilines is 1. The number of fused-ring (bicyclic) bond motifs is 3. The summed E-state index contributed by atoms with van der Waals surface area (Å²) in [5.41, 5.74) is 1.68. The maximum absolute atomic E-state index is 12.3. The lowest BCUT2D eigenvalue weighted by molar-refractivity contribution is -0.0498. The number of piperazine rings is 1. The molecule has 102 valence electrons. The van der Waals surface area contributed by atoms with Crippen molar-refractivity contribution >= 4 is 17.6 Å². The zero-order chi connectivity index (χ0) is 13.2. The molecular weight excluding hydrogens is 252 g/mol. The summed E-state index contributed by atoms with van der Waals surface area (Å²) in [4.78, 5) is 6.61. The minimum absolute atomic E-state index is 0.183. The number of nitrogens with zero attached hydrogens (tertiary/aromatic N) is 2. The summed E-state index contributed by atoms with van der Waals surface area (Å²) in [6, 6.07) is 5.24. The smallest absolute Gasteiger partial charge is 0.387 e. The fourth-order valence-corrected chi connectivity index (χ4v) is 2.58. The number of hydrogen-bond acceptors (Lipinski definition) is 4. The minimum Gasteiger partial charge on any atom is -0.435 e. The van der Waals surface area contributed by atoms with Crippen LogP contribution < -0.4 is 15.0 Å². The average Bonchev–Trinajstić information content (AvgIpc) is 2.57. The van der Waals surface area contributed by atoms with Gasteiger partial charge in [-0.2, -0.15) is 8.78 Å². The van der Waals surface area contributed by atoms with Gasteiger partial charge >= 0.3 is 6.61 Å². The maximum Gasteiger partial charge on any atom is 0.387 e. The zero-order valence-electron chi connectivity index (χ0n) is 10.4. The molecule has 0 bridgehead atoms. The molecule has 1 saturated heterocycles. The number of rotatable bonds is 2. The summed E-state index contributed by atoms with van der Waals surface area (Å²) in [6.07, 6.45) is 2.75. The van der Waals surface area contributed by atoms with E-state index in [0.29, 0.717) is 6.04 Å². The topological polar surface area (TPSA) is 36.9 Å². The van der Waals surface area contributed by atoms with Gasteiger partial charge in [0, 0.05) is 44.4 Å². The zero-order valence-corrected chi connectivity index (χ0v) is 10.4.